The number of phenolic OH excluding ortho intramolecular Hbond substituents is 1. The van der Waals surface area contributed by atoms with Crippen molar-refractivity contribution in [3.8, 4) is 11.5 Å². The van der Waals surface area contributed by atoms with Crippen LogP contribution in [0.2, 0.25) is 0 Å². The summed E-state index contributed by atoms with van der Waals surface area (Å²) in [6.45, 7) is 6.46. The van der Waals surface area contributed by atoms with Gasteiger partial charge in [0.25, 0.3) is 0 Å². The molecule has 1 N–H and O–H groups in total. The lowest BCUT2D eigenvalue weighted by molar-refractivity contribution is 0.0303. The predicted octanol–water partition coefficient (Wildman–Crippen LogP) is 6.66. The van der Waals surface area contributed by atoms with Crippen LogP contribution in [-0.4, -0.2) is 5.11 Å². The molecule has 1 atom stereocenters. The van der Waals surface area contributed by atoms with Crippen LogP contribution in [-0.2, 0) is 11.0 Å². The van der Waals surface area contributed by atoms with E-state index in [2.05, 4.69) is 67.7 Å². The molecule has 0 amide bonds. The summed E-state index contributed by atoms with van der Waals surface area (Å²) in [5.74, 6) is 1.09. The van der Waals surface area contributed by atoms with E-state index in [1.807, 2.05) is 31.2 Å². The number of benzene rings is 2. The normalized spacial score (nSPS) is 22.3. The monoisotopic (exact) mass is 502 g/mol. The van der Waals surface area contributed by atoms with Crippen LogP contribution in [0.1, 0.15) is 38.3 Å². The topological polar surface area (TPSA) is 29.5 Å². The van der Waals surface area contributed by atoms with Crippen molar-refractivity contribution in [2.45, 2.75) is 38.2 Å². The maximum atomic E-state index is 10.5. The molecule has 0 bridgehead atoms. The third-order valence-electron chi connectivity index (χ3n) is 4.38. The van der Waals surface area contributed by atoms with E-state index in [0.29, 0.717) is 4.47 Å². The van der Waals surface area contributed by atoms with Crippen LogP contribution >= 0.6 is 47.8 Å². The number of halogens is 3. The molecule has 0 spiro atoms. The zero-order valence-corrected chi connectivity index (χ0v) is 17.8. The van der Waals surface area contributed by atoms with Crippen LogP contribution in [0.3, 0.4) is 0 Å². The smallest absolute Gasteiger partial charge is 0.137 e. The summed E-state index contributed by atoms with van der Waals surface area (Å²) < 4.78 is 8.97. The first kappa shape index (κ1) is 17.3. The van der Waals surface area contributed by atoms with Crippen LogP contribution in [0.5, 0.6) is 11.5 Å². The molecule has 2 nitrogen and oxygen atoms in total. The van der Waals surface area contributed by atoms with Gasteiger partial charge in [0.1, 0.15) is 17.1 Å². The predicted molar refractivity (Wildman–Crippen MR) is 103 cm³/mol. The average Bonchev–Trinajstić information content (AvgIpc) is 2.43. The van der Waals surface area contributed by atoms with Gasteiger partial charge in [-0.15, -0.1) is 0 Å². The van der Waals surface area contributed by atoms with Crippen LogP contribution in [0, 0.1) is 0 Å². The van der Waals surface area contributed by atoms with Crippen molar-refractivity contribution < 1.29 is 9.84 Å². The molecule has 0 saturated heterocycles. The zero-order chi connectivity index (χ0) is 17.0. The second-order valence-electron chi connectivity index (χ2n) is 6.82. The Morgan fingerprint density at radius 1 is 0.957 bits per heavy atom. The molecule has 2 aromatic rings. The van der Waals surface area contributed by atoms with E-state index < -0.39 is 5.60 Å². The first-order valence-corrected chi connectivity index (χ1v) is 9.68. The Bertz CT molecular complexity index is 786. The Kier molecular flexibility index (Phi) is 4.35. The lowest BCUT2D eigenvalue weighted by Gasteiger charge is -2.44. The van der Waals surface area contributed by atoms with Crippen LogP contribution in [0.25, 0.3) is 0 Å². The van der Waals surface area contributed by atoms with Gasteiger partial charge in [0.15, 0.2) is 0 Å². The first-order chi connectivity index (χ1) is 10.6. The standard InChI is InChI=1S/C18H17Br3O2/c1-17(2)9-18(3,13-7-11(20)8-14(21)16(13)22)23-15-5-4-10(19)6-12(15)17/h4-8,22H,9H2,1-3H3. The van der Waals surface area contributed by atoms with Crippen molar-refractivity contribution >= 4 is 47.8 Å². The molecule has 2 aromatic carbocycles. The van der Waals surface area contributed by atoms with Crippen molar-refractivity contribution in [2.24, 2.45) is 0 Å². The Balaban J connectivity index is 2.17. The minimum absolute atomic E-state index is 0.0760. The molecule has 1 unspecified atom stereocenters. The minimum atomic E-state index is -0.610. The molecule has 23 heavy (non-hydrogen) atoms. The lowest BCUT2D eigenvalue weighted by atomic mass is 9.71. The summed E-state index contributed by atoms with van der Waals surface area (Å²) in [4.78, 5) is 0. The summed E-state index contributed by atoms with van der Waals surface area (Å²) in [5, 5.41) is 10.5. The van der Waals surface area contributed by atoms with Crippen molar-refractivity contribution in [1.82, 2.24) is 0 Å². The van der Waals surface area contributed by atoms with Crippen LogP contribution < -0.4 is 4.74 Å². The van der Waals surface area contributed by atoms with Crippen LogP contribution in [0.4, 0.5) is 0 Å². The van der Waals surface area contributed by atoms with Gasteiger partial charge in [-0.3, -0.25) is 0 Å². The SMILES string of the molecule is CC1(C)CC(C)(c2cc(Br)cc(Br)c2O)Oc2ccc(Br)cc21. The van der Waals surface area contributed by atoms with E-state index in [1.54, 1.807) is 0 Å². The van der Waals surface area contributed by atoms with Crippen molar-refractivity contribution in [2.75, 3.05) is 0 Å². The largest absolute Gasteiger partial charge is 0.506 e. The molecular weight excluding hydrogens is 488 g/mol. The highest BCUT2D eigenvalue weighted by Gasteiger charge is 2.44. The number of hydrogen-bond acceptors (Lipinski definition) is 2. The van der Waals surface area contributed by atoms with E-state index in [9.17, 15) is 5.11 Å². The number of phenols is 1. The van der Waals surface area contributed by atoms with E-state index >= 15 is 0 Å². The van der Waals surface area contributed by atoms with Gasteiger partial charge in [-0.25, -0.2) is 0 Å². The maximum Gasteiger partial charge on any atom is 0.137 e. The van der Waals surface area contributed by atoms with Crippen molar-refractivity contribution in [3.05, 3.63) is 54.9 Å². The second kappa shape index (κ2) is 5.78. The van der Waals surface area contributed by atoms with E-state index in [0.717, 1.165) is 26.7 Å². The molecule has 0 aliphatic carbocycles. The number of rotatable bonds is 1. The van der Waals surface area contributed by atoms with Gasteiger partial charge in [0.05, 0.1) is 4.47 Å². The fourth-order valence-corrected chi connectivity index (χ4v) is 5.04. The zero-order valence-electron chi connectivity index (χ0n) is 13.1. The molecular formula is C18H17Br3O2. The number of aromatic hydroxyl groups is 1. The molecule has 1 aliphatic heterocycles. The fraction of sp³-hybridized carbons (Fsp3) is 0.333. The van der Waals surface area contributed by atoms with Gasteiger partial charge in [0.2, 0.25) is 0 Å². The summed E-state index contributed by atoms with van der Waals surface area (Å²) in [7, 11) is 0. The lowest BCUT2D eigenvalue weighted by Crippen LogP contribution is -2.41. The van der Waals surface area contributed by atoms with Gasteiger partial charge in [0, 0.05) is 26.5 Å². The van der Waals surface area contributed by atoms with Gasteiger partial charge >= 0.3 is 0 Å². The summed E-state index contributed by atoms with van der Waals surface area (Å²) in [6.07, 6.45) is 0.764. The Morgan fingerprint density at radius 3 is 2.30 bits per heavy atom. The van der Waals surface area contributed by atoms with Gasteiger partial charge in [-0.2, -0.15) is 0 Å². The Morgan fingerprint density at radius 2 is 1.61 bits per heavy atom. The van der Waals surface area contributed by atoms with Gasteiger partial charge < -0.3 is 9.84 Å². The quantitative estimate of drug-likeness (QED) is 0.471. The Labute approximate surface area is 161 Å². The molecule has 1 aliphatic rings. The number of ether oxygens (including phenoxy) is 1. The van der Waals surface area contributed by atoms with Crippen molar-refractivity contribution in [3.63, 3.8) is 0 Å². The summed E-state index contributed by atoms with van der Waals surface area (Å²) >= 11 is 10.5. The average molecular weight is 505 g/mol. The molecule has 1 heterocycles. The highest BCUT2D eigenvalue weighted by molar-refractivity contribution is 9.11. The van der Waals surface area contributed by atoms with Crippen LogP contribution in [0.15, 0.2) is 43.7 Å². The van der Waals surface area contributed by atoms with Crippen molar-refractivity contribution in [1.29, 1.82) is 0 Å². The third-order valence-corrected chi connectivity index (χ3v) is 5.94. The summed E-state index contributed by atoms with van der Waals surface area (Å²) in [6, 6.07) is 9.85. The minimum Gasteiger partial charge on any atom is -0.506 e. The molecule has 0 radical (unpaired) electrons. The Hall–Kier alpha value is -0.520. The molecule has 3 rings (SSSR count). The molecule has 0 saturated carbocycles. The molecule has 0 aromatic heterocycles. The number of fused-ring (bicyclic) bond motifs is 1. The van der Waals surface area contributed by atoms with E-state index in [-0.39, 0.29) is 11.2 Å². The summed E-state index contributed by atoms with van der Waals surface area (Å²) in [5.41, 5.74) is 1.27. The highest BCUT2D eigenvalue weighted by atomic mass is 79.9. The van der Waals surface area contributed by atoms with E-state index in [4.69, 9.17) is 4.74 Å². The first-order valence-electron chi connectivity index (χ1n) is 7.30. The van der Waals surface area contributed by atoms with E-state index in [1.165, 1.54) is 5.56 Å². The fourth-order valence-electron chi connectivity index (χ4n) is 3.46. The van der Waals surface area contributed by atoms with Gasteiger partial charge in [-0.05, 0) is 58.6 Å². The molecule has 122 valence electrons. The molecule has 5 heteroatoms. The molecule has 0 fully saturated rings. The van der Waals surface area contributed by atoms with Gasteiger partial charge in [-0.1, -0.05) is 45.7 Å². The number of hydrogen-bond donors (Lipinski definition) is 1. The highest BCUT2D eigenvalue weighted by Crippen LogP contribution is 2.52. The second-order valence-corrected chi connectivity index (χ2v) is 9.50. The maximum absolute atomic E-state index is 10.5. The third kappa shape index (κ3) is 3.08.